The zero-order chi connectivity index (χ0) is 22.7. The molecule has 0 spiro atoms. The highest BCUT2D eigenvalue weighted by molar-refractivity contribution is 6.31. The molecule has 0 radical (unpaired) electrons. The summed E-state index contributed by atoms with van der Waals surface area (Å²) in [7, 11) is 3.19. The van der Waals surface area contributed by atoms with Gasteiger partial charge in [-0.3, -0.25) is 9.59 Å². The molecule has 2 aromatic rings. The van der Waals surface area contributed by atoms with Gasteiger partial charge in [0.25, 0.3) is 5.91 Å². The van der Waals surface area contributed by atoms with Crippen LogP contribution in [0.25, 0.3) is 0 Å². The van der Waals surface area contributed by atoms with Crippen molar-refractivity contribution in [2.75, 3.05) is 14.2 Å². The van der Waals surface area contributed by atoms with Crippen LogP contribution in [0.2, 0.25) is 5.02 Å². The lowest BCUT2D eigenvalue weighted by atomic mass is 9.84. The van der Waals surface area contributed by atoms with E-state index in [1.165, 1.54) is 0 Å². The Morgan fingerprint density at radius 2 is 1.78 bits per heavy atom. The summed E-state index contributed by atoms with van der Waals surface area (Å²) in [5.41, 5.74) is 1.40. The van der Waals surface area contributed by atoms with Crippen molar-refractivity contribution in [3.8, 4) is 11.5 Å². The van der Waals surface area contributed by atoms with Crippen molar-refractivity contribution < 1.29 is 19.1 Å². The zero-order valence-electron chi connectivity index (χ0n) is 18.5. The molecule has 3 unspecified atom stereocenters. The molecule has 1 N–H and O–H groups in total. The number of rotatable bonds is 6. The number of nitrogens with zero attached hydrogens (tertiary/aromatic N) is 1. The first-order valence-corrected chi connectivity index (χ1v) is 11.5. The Hall–Kier alpha value is -2.73. The summed E-state index contributed by atoms with van der Waals surface area (Å²) in [6.45, 7) is 0.331. The van der Waals surface area contributed by atoms with Crippen LogP contribution in [0, 0.1) is 5.92 Å². The fraction of sp³-hybridized carbons (Fsp3) is 0.440. The smallest absolute Gasteiger partial charge is 0.254 e. The van der Waals surface area contributed by atoms with Gasteiger partial charge in [-0.2, -0.15) is 0 Å². The summed E-state index contributed by atoms with van der Waals surface area (Å²) in [5, 5.41) is 3.55. The van der Waals surface area contributed by atoms with Crippen molar-refractivity contribution in [2.24, 2.45) is 5.92 Å². The molecule has 3 atom stereocenters. The minimum atomic E-state index is -0.484. The lowest BCUT2D eigenvalue weighted by Gasteiger charge is -2.33. The van der Waals surface area contributed by atoms with Gasteiger partial charge in [0.15, 0.2) is 0 Å². The molecule has 0 aromatic heterocycles. The van der Waals surface area contributed by atoms with Crippen molar-refractivity contribution in [1.82, 2.24) is 10.2 Å². The molecular formula is C25H29ClN2O4. The van der Waals surface area contributed by atoms with Gasteiger partial charge in [-0.05, 0) is 61.1 Å². The van der Waals surface area contributed by atoms with E-state index in [0.717, 1.165) is 31.2 Å². The predicted octanol–water partition coefficient (Wildman–Crippen LogP) is 4.45. The summed E-state index contributed by atoms with van der Waals surface area (Å²) in [6, 6.07) is 12.1. The average molecular weight is 457 g/mol. The van der Waals surface area contributed by atoms with Gasteiger partial charge in [0.2, 0.25) is 5.91 Å². The molecular weight excluding hydrogens is 428 g/mol. The number of hydrogen-bond acceptors (Lipinski definition) is 4. The van der Waals surface area contributed by atoms with Crippen LogP contribution in [0.5, 0.6) is 11.5 Å². The van der Waals surface area contributed by atoms with E-state index < -0.39 is 6.04 Å². The van der Waals surface area contributed by atoms with Crippen molar-refractivity contribution >= 4 is 23.4 Å². The fourth-order valence-electron chi connectivity index (χ4n) is 5.03. The van der Waals surface area contributed by atoms with Crippen LogP contribution in [0.3, 0.4) is 0 Å². The van der Waals surface area contributed by atoms with Gasteiger partial charge < -0.3 is 19.7 Å². The molecule has 4 rings (SSSR count). The molecule has 2 aliphatic rings. The highest BCUT2D eigenvalue weighted by Gasteiger charge is 2.47. The number of nitrogens with one attached hydrogen (secondary N) is 1. The van der Waals surface area contributed by atoms with Crippen LogP contribution in [-0.2, 0) is 11.3 Å². The molecule has 7 heteroatoms. The molecule has 1 saturated carbocycles. The van der Waals surface area contributed by atoms with E-state index >= 15 is 0 Å². The predicted molar refractivity (Wildman–Crippen MR) is 123 cm³/mol. The number of ether oxygens (including phenoxy) is 2. The summed E-state index contributed by atoms with van der Waals surface area (Å²) in [6.07, 6.45) is 4.93. The zero-order valence-corrected chi connectivity index (χ0v) is 19.2. The van der Waals surface area contributed by atoms with E-state index in [-0.39, 0.29) is 17.9 Å². The van der Waals surface area contributed by atoms with Gasteiger partial charge in [-0.15, -0.1) is 0 Å². The van der Waals surface area contributed by atoms with Crippen LogP contribution in [-0.4, -0.2) is 43.0 Å². The summed E-state index contributed by atoms with van der Waals surface area (Å²) < 4.78 is 10.6. The molecule has 0 bridgehead atoms. The van der Waals surface area contributed by atoms with Gasteiger partial charge in [0, 0.05) is 29.2 Å². The van der Waals surface area contributed by atoms with E-state index in [0.29, 0.717) is 41.0 Å². The first-order valence-electron chi connectivity index (χ1n) is 11.1. The second kappa shape index (κ2) is 9.82. The van der Waals surface area contributed by atoms with Gasteiger partial charge in [-0.25, -0.2) is 0 Å². The molecule has 1 aliphatic carbocycles. The number of fused-ring (bicyclic) bond motifs is 1. The van der Waals surface area contributed by atoms with Gasteiger partial charge in [-0.1, -0.05) is 30.5 Å². The summed E-state index contributed by atoms with van der Waals surface area (Å²) in [5.74, 6) is 1.44. The van der Waals surface area contributed by atoms with E-state index in [9.17, 15) is 9.59 Å². The number of benzene rings is 2. The SMILES string of the molecule is COc1cc(CNC(=O)C2CC3CCCCC3N2C(=O)c2cccc(Cl)c2)cc(OC)c1. The maximum atomic E-state index is 13.5. The van der Waals surface area contributed by atoms with E-state index in [1.807, 2.05) is 17.0 Å². The van der Waals surface area contributed by atoms with Crippen molar-refractivity contribution in [3.05, 3.63) is 58.6 Å². The minimum Gasteiger partial charge on any atom is -0.497 e. The molecule has 2 aromatic carbocycles. The third-order valence-electron chi connectivity index (χ3n) is 6.57. The van der Waals surface area contributed by atoms with Crippen LogP contribution >= 0.6 is 11.6 Å². The molecule has 6 nitrogen and oxygen atoms in total. The van der Waals surface area contributed by atoms with Crippen molar-refractivity contribution in [2.45, 2.75) is 50.7 Å². The second-order valence-corrected chi connectivity index (χ2v) is 8.96. The number of halogens is 1. The summed E-state index contributed by atoms with van der Waals surface area (Å²) in [4.78, 5) is 28.6. The Kier molecular flexibility index (Phi) is 6.89. The maximum Gasteiger partial charge on any atom is 0.254 e. The largest absolute Gasteiger partial charge is 0.497 e. The highest BCUT2D eigenvalue weighted by atomic mass is 35.5. The van der Waals surface area contributed by atoms with E-state index in [1.54, 1.807) is 44.6 Å². The quantitative estimate of drug-likeness (QED) is 0.697. The standard InChI is InChI=1S/C25H29ClN2O4/c1-31-20-10-16(11-21(14-20)32-2)15-27-24(29)23-13-17-6-3-4-9-22(17)28(23)25(30)18-7-5-8-19(26)12-18/h5,7-8,10-12,14,17,22-23H,3-4,6,9,13,15H2,1-2H3,(H,27,29). The molecule has 1 aliphatic heterocycles. The molecule has 32 heavy (non-hydrogen) atoms. The van der Waals surface area contributed by atoms with Gasteiger partial charge >= 0.3 is 0 Å². The molecule has 2 amide bonds. The first kappa shape index (κ1) is 22.5. The van der Waals surface area contributed by atoms with Crippen LogP contribution in [0.1, 0.15) is 48.0 Å². The van der Waals surface area contributed by atoms with Crippen LogP contribution in [0.4, 0.5) is 0 Å². The average Bonchev–Trinajstić information content (AvgIpc) is 3.21. The third kappa shape index (κ3) is 4.70. The monoisotopic (exact) mass is 456 g/mol. The Bertz CT molecular complexity index is 973. The Balaban J connectivity index is 1.53. The fourth-order valence-corrected chi connectivity index (χ4v) is 5.22. The normalized spacial score (nSPS) is 22.2. The number of likely N-dealkylation sites (tertiary alicyclic amines) is 1. The molecule has 1 saturated heterocycles. The van der Waals surface area contributed by atoms with Crippen LogP contribution < -0.4 is 14.8 Å². The van der Waals surface area contributed by atoms with Gasteiger partial charge in [0.05, 0.1) is 14.2 Å². The molecule has 1 heterocycles. The highest BCUT2D eigenvalue weighted by Crippen LogP contribution is 2.40. The van der Waals surface area contributed by atoms with Crippen LogP contribution in [0.15, 0.2) is 42.5 Å². The number of carbonyl (C=O) groups excluding carboxylic acids is 2. The van der Waals surface area contributed by atoms with E-state index in [4.69, 9.17) is 21.1 Å². The van der Waals surface area contributed by atoms with Gasteiger partial charge in [0.1, 0.15) is 17.5 Å². The summed E-state index contributed by atoms with van der Waals surface area (Å²) >= 11 is 6.13. The lowest BCUT2D eigenvalue weighted by Crippen LogP contribution is -2.49. The topological polar surface area (TPSA) is 67.9 Å². The Morgan fingerprint density at radius 3 is 2.47 bits per heavy atom. The second-order valence-electron chi connectivity index (χ2n) is 8.52. The number of carbonyl (C=O) groups is 2. The van der Waals surface area contributed by atoms with E-state index in [2.05, 4.69) is 5.32 Å². The Morgan fingerprint density at radius 1 is 1.06 bits per heavy atom. The number of hydrogen-bond donors (Lipinski definition) is 1. The van der Waals surface area contributed by atoms with Crippen molar-refractivity contribution in [3.63, 3.8) is 0 Å². The number of amides is 2. The Labute approximate surface area is 193 Å². The molecule has 2 fully saturated rings. The van der Waals surface area contributed by atoms with Crippen molar-refractivity contribution in [1.29, 1.82) is 0 Å². The third-order valence-corrected chi connectivity index (χ3v) is 6.81. The number of methoxy groups -OCH3 is 2. The maximum absolute atomic E-state index is 13.5. The first-order chi connectivity index (χ1) is 15.5. The molecule has 170 valence electrons. The lowest BCUT2D eigenvalue weighted by molar-refractivity contribution is -0.125. The minimum absolute atomic E-state index is 0.0999.